The lowest BCUT2D eigenvalue weighted by molar-refractivity contribution is -0.166. The summed E-state index contributed by atoms with van der Waals surface area (Å²) in [7, 11) is 0. The number of carbonyl (C=O) groups is 3. The van der Waals surface area contributed by atoms with E-state index >= 15 is 0 Å². The maximum Gasteiger partial charge on any atom is 0.338 e. The van der Waals surface area contributed by atoms with Gasteiger partial charge in [-0.2, -0.15) is 10.1 Å². The molecule has 1 spiro atoms. The average molecular weight is 544 g/mol. The third-order valence-electron chi connectivity index (χ3n) is 7.64. The normalized spacial score (nSPS) is 23.2. The van der Waals surface area contributed by atoms with E-state index in [2.05, 4.69) is 5.32 Å². The van der Waals surface area contributed by atoms with Crippen LogP contribution in [0.3, 0.4) is 0 Å². The standard InChI is InChI=1S/C31H30FN3O5/c1-4-39-28(37)31(29(38)40-5-2)25(21-12-8-6-9-13-21)30(26(33-31)22-16-18-23(32)19-17-22)20(3)34-35(27(30)36)24-14-10-7-11-15-24/h6-19,25-26,33H,4-5H2,1-3H3/t25-,26+,30+/m0/s1. The zero-order valence-electron chi connectivity index (χ0n) is 22.5. The summed E-state index contributed by atoms with van der Waals surface area (Å²) in [5.41, 5.74) is -1.76. The monoisotopic (exact) mass is 543 g/mol. The van der Waals surface area contributed by atoms with Crippen molar-refractivity contribution in [2.45, 2.75) is 38.3 Å². The molecule has 0 radical (unpaired) electrons. The van der Waals surface area contributed by atoms with Crippen LogP contribution in [-0.4, -0.2) is 42.3 Å². The van der Waals surface area contributed by atoms with Gasteiger partial charge in [-0.1, -0.05) is 60.7 Å². The Morgan fingerprint density at radius 3 is 1.98 bits per heavy atom. The third-order valence-corrected chi connectivity index (χ3v) is 7.64. The van der Waals surface area contributed by atoms with Crippen molar-refractivity contribution in [1.82, 2.24) is 5.32 Å². The Labute approximate surface area is 231 Å². The van der Waals surface area contributed by atoms with Gasteiger partial charge in [0.1, 0.15) is 11.2 Å². The molecule has 40 heavy (non-hydrogen) atoms. The van der Waals surface area contributed by atoms with Gasteiger partial charge in [0.2, 0.25) is 5.54 Å². The van der Waals surface area contributed by atoms with Gasteiger partial charge >= 0.3 is 11.9 Å². The number of para-hydroxylation sites is 1. The van der Waals surface area contributed by atoms with Crippen molar-refractivity contribution in [2.24, 2.45) is 10.5 Å². The van der Waals surface area contributed by atoms with Crippen LogP contribution in [0.1, 0.15) is 43.9 Å². The fraction of sp³-hybridized carbons (Fsp3) is 0.290. The smallest absolute Gasteiger partial charge is 0.338 e. The number of hydrazone groups is 1. The molecule has 1 fully saturated rings. The minimum atomic E-state index is -2.12. The number of ether oxygens (including phenoxy) is 2. The van der Waals surface area contributed by atoms with Crippen LogP contribution < -0.4 is 10.3 Å². The molecule has 5 rings (SSSR count). The maximum atomic E-state index is 14.8. The Morgan fingerprint density at radius 1 is 0.875 bits per heavy atom. The molecular formula is C31H30FN3O5. The molecule has 2 aliphatic rings. The third kappa shape index (κ3) is 4.00. The Balaban J connectivity index is 1.85. The van der Waals surface area contributed by atoms with Crippen LogP contribution in [0.25, 0.3) is 0 Å². The van der Waals surface area contributed by atoms with Gasteiger partial charge in [-0.25, -0.2) is 14.0 Å². The summed E-state index contributed by atoms with van der Waals surface area (Å²) in [6.45, 7) is 4.98. The zero-order chi connectivity index (χ0) is 28.5. The first kappa shape index (κ1) is 27.2. The number of hydrogen-bond donors (Lipinski definition) is 1. The summed E-state index contributed by atoms with van der Waals surface area (Å²) in [6, 6.07) is 22.4. The van der Waals surface area contributed by atoms with Crippen molar-refractivity contribution in [1.29, 1.82) is 0 Å². The maximum absolute atomic E-state index is 14.8. The fourth-order valence-electron chi connectivity index (χ4n) is 6.04. The van der Waals surface area contributed by atoms with Crippen molar-refractivity contribution < 1.29 is 28.2 Å². The highest BCUT2D eigenvalue weighted by molar-refractivity contribution is 6.23. The molecule has 1 amide bonds. The molecule has 0 aliphatic carbocycles. The number of nitrogens with one attached hydrogen (secondary N) is 1. The fourth-order valence-corrected chi connectivity index (χ4v) is 6.04. The molecule has 0 unspecified atom stereocenters. The summed E-state index contributed by atoms with van der Waals surface area (Å²) in [6.07, 6.45) is 0. The number of esters is 2. The first-order chi connectivity index (χ1) is 19.3. The number of nitrogens with zero attached hydrogens (tertiary/aromatic N) is 2. The molecule has 1 N–H and O–H groups in total. The summed E-state index contributed by atoms with van der Waals surface area (Å²) < 4.78 is 25.1. The van der Waals surface area contributed by atoms with Crippen molar-refractivity contribution in [3.8, 4) is 0 Å². The van der Waals surface area contributed by atoms with Crippen molar-refractivity contribution in [3.63, 3.8) is 0 Å². The second kappa shape index (κ2) is 10.7. The highest BCUT2D eigenvalue weighted by Gasteiger charge is 2.76. The molecule has 3 aromatic rings. The van der Waals surface area contributed by atoms with Crippen LogP contribution in [0.2, 0.25) is 0 Å². The molecule has 0 aromatic heterocycles. The topological polar surface area (TPSA) is 97.3 Å². The SMILES string of the molecule is CCOC(=O)C1(C(=O)OCC)N[C@H](c2ccc(F)cc2)[C@]2(C(=O)N(c3ccccc3)N=C2C)[C@@H]1c1ccccc1. The van der Waals surface area contributed by atoms with Gasteiger partial charge in [0.05, 0.1) is 30.7 Å². The molecule has 9 heteroatoms. The molecule has 3 atom stereocenters. The lowest BCUT2D eigenvalue weighted by Gasteiger charge is -2.37. The van der Waals surface area contributed by atoms with Crippen molar-refractivity contribution >= 4 is 29.2 Å². The Morgan fingerprint density at radius 2 is 1.43 bits per heavy atom. The van der Waals surface area contributed by atoms with E-state index < -0.39 is 46.6 Å². The van der Waals surface area contributed by atoms with Crippen LogP contribution in [-0.2, 0) is 23.9 Å². The number of rotatable bonds is 7. The van der Waals surface area contributed by atoms with Gasteiger partial charge in [-0.3, -0.25) is 10.1 Å². The Hall–Kier alpha value is -4.37. The summed E-state index contributed by atoms with van der Waals surface area (Å²) >= 11 is 0. The van der Waals surface area contributed by atoms with E-state index in [0.717, 1.165) is 0 Å². The van der Waals surface area contributed by atoms with Crippen LogP contribution >= 0.6 is 0 Å². The van der Waals surface area contributed by atoms with E-state index in [1.54, 1.807) is 75.4 Å². The van der Waals surface area contributed by atoms with E-state index in [0.29, 0.717) is 22.5 Å². The largest absolute Gasteiger partial charge is 0.464 e. The lowest BCUT2D eigenvalue weighted by atomic mass is 9.61. The van der Waals surface area contributed by atoms with Gasteiger partial charge in [0, 0.05) is 5.92 Å². The predicted molar refractivity (Wildman–Crippen MR) is 147 cm³/mol. The van der Waals surface area contributed by atoms with Crippen LogP contribution in [0.4, 0.5) is 10.1 Å². The van der Waals surface area contributed by atoms with Gasteiger partial charge < -0.3 is 9.47 Å². The molecule has 206 valence electrons. The average Bonchev–Trinajstić information content (AvgIpc) is 3.44. The number of anilines is 1. The minimum absolute atomic E-state index is 0.00541. The summed E-state index contributed by atoms with van der Waals surface area (Å²) in [5.74, 6) is -3.77. The number of halogens is 1. The van der Waals surface area contributed by atoms with E-state index in [1.165, 1.54) is 29.3 Å². The predicted octanol–water partition coefficient (Wildman–Crippen LogP) is 4.53. The van der Waals surface area contributed by atoms with E-state index in [-0.39, 0.29) is 13.2 Å². The summed E-state index contributed by atoms with van der Waals surface area (Å²) in [5, 5.41) is 9.23. The first-order valence-electron chi connectivity index (χ1n) is 13.2. The van der Waals surface area contributed by atoms with Crippen LogP contribution in [0, 0.1) is 11.2 Å². The van der Waals surface area contributed by atoms with Crippen molar-refractivity contribution in [3.05, 3.63) is 102 Å². The van der Waals surface area contributed by atoms with Gasteiger partial charge in [0.15, 0.2) is 0 Å². The quantitative estimate of drug-likeness (QED) is 0.348. The highest BCUT2D eigenvalue weighted by atomic mass is 19.1. The Bertz CT molecular complexity index is 1430. The number of carbonyl (C=O) groups excluding carboxylic acids is 3. The Kier molecular flexibility index (Phi) is 7.25. The number of benzene rings is 3. The van der Waals surface area contributed by atoms with E-state index in [1.807, 2.05) is 6.07 Å². The zero-order valence-corrected chi connectivity index (χ0v) is 22.5. The second-order valence-electron chi connectivity index (χ2n) is 9.73. The highest BCUT2D eigenvalue weighted by Crippen LogP contribution is 2.61. The summed E-state index contributed by atoms with van der Waals surface area (Å²) in [4.78, 5) is 42.8. The van der Waals surface area contributed by atoms with Crippen LogP contribution in [0.5, 0.6) is 0 Å². The molecule has 3 aromatic carbocycles. The van der Waals surface area contributed by atoms with Gasteiger partial charge in [-0.15, -0.1) is 0 Å². The molecule has 2 heterocycles. The van der Waals surface area contributed by atoms with E-state index in [9.17, 15) is 18.8 Å². The van der Waals surface area contributed by atoms with Gasteiger partial charge in [0.25, 0.3) is 5.91 Å². The molecule has 0 bridgehead atoms. The number of hydrogen-bond acceptors (Lipinski definition) is 7. The van der Waals surface area contributed by atoms with Crippen LogP contribution in [0.15, 0.2) is 90.0 Å². The molecular weight excluding hydrogens is 513 g/mol. The van der Waals surface area contributed by atoms with Crippen molar-refractivity contribution in [2.75, 3.05) is 18.2 Å². The first-order valence-corrected chi connectivity index (χ1v) is 13.2. The molecule has 0 saturated carbocycles. The van der Waals surface area contributed by atoms with E-state index in [4.69, 9.17) is 14.6 Å². The lowest BCUT2D eigenvalue weighted by Crippen LogP contribution is -2.60. The molecule has 8 nitrogen and oxygen atoms in total. The minimum Gasteiger partial charge on any atom is -0.464 e. The second-order valence-corrected chi connectivity index (χ2v) is 9.73. The molecule has 1 saturated heterocycles. The molecule has 2 aliphatic heterocycles. The number of amides is 1. The van der Waals surface area contributed by atoms with Gasteiger partial charge in [-0.05, 0) is 56.2 Å².